The van der Waals surface area contributed by atoms with E-state index in [4.69, 9.17) is 4.74 Å². The Balaban J connectivity index is 2.34. The van der Waals surface area contributed by atoms with Gasteiger partial charge in [-0.3, -0.25) is 4.98 Å². The maximum Gasteiger partial charge on any atom is 0.137 e. The summed E-state index contributed by atoms with van der Waals surface area (Å²) in [5.41, 5.74) is 0. The van der Waals surface area contributed by atoms with Crippen LogP contribution in [-0.2, 0) is 0 Å². The van der Waals surface area contributed by atoms with Crippen molar-refractivity contribution < 1.29 is 4.74 Å². The van der Waals surface area contributed by atoms with Crippen LogP contribution in [0.4, 0.5) is 0 Å². The lowest BCUT2D eigenvalue weighted by atomic mass is 10.1. The second-order valence-corrected chi connectivity index (χ2v) is 3.18. The summed E-state index contributed by atoms with van der Waals surface area (Å²) in [4.78, 5) is 3.99. The van der Waals surface area contributed by atoms with Gasteiger partial charge in [0.15, 0.2) is 0 Å². The Morgan fingerprint density at radius 1 is 1.38 bits per heavy atom. The maximum atomic E-state index is 5.59. The van der Waals surface area contributed by atoms with Crippen molar-refractivity contribution in [1.29, 1.82) is 0 Å². The van der Waals surface area contributed by atoms with Crippen molar-refractivity contribution in [3.63, 3.8) is 0 Å². The van der Waals surface area contributed by atoms with Crippen molar-refractivity contribution >= 4 is 0 Å². The fraction of sp³-hybridized carbons (Fsp3) is 0.545. The maximum absolute atomic E-state index is 5.59. The standard InChI is InChI=1S/C11H17NO/c1-3-10(4-2)9-13-11-6-5-7-12-8-11/h5-8,10H,3-4,9H2,1-2H3. The van der Waals surface area contributed by atoms with Crippen molar-refractivity contribution in [2.45, 2.75) is 26.7 Å². The second kappa shape index (κ2) is 5.57. The van der Waals surface area contributed by atoms with Crippen LogP contribution in [0, 0.1) is 5.92 Å². The third kappa shape index (κ3) is 3.45. The normalized spacial score (nSPS) is 10.4. The molecule has 2 nitrogen and oxygen atoms in total. The van der Waals surface area contributed by atoms with Crippen LogP contribution in [0.1, 0.15) is 26.7 Å². The molecule has 0 aliphatic carbocycles. The quantitative estimate of drug-likeness (QED) is 0.693. The van der Waals surface area contributed by atoms with Crippen LogP contribution in [0.3, 0.4) is 0 Å². The fourth-order valence-electron chi connectivity index (χ4n) is 1.17. The zero-order chi connectivity index (χ0) is 9.52. The Kier molecular flexibility index (Phi) is 4.30. The number of aromatic nitrogens is 1. The molecular formula is C11H17NO. The Labute approximate surface area is 80.0 Å². The summed E-state index contributed by atoms with van der Waals surface area (Å²) < 4.78 is 5.59. The largest absolute Gasteiger partial charge is 0.492 e. The van der Waals surface area contributed by atoms with Gasteiger partial charge in [-0.25, -0.2) is 0 Å². The van der Waals surface area contributed by atoms with Crippen molar-refractivity contribution in [2.75, 3.05) is 6.61 Å². The molecule has 1 aromatic heterocycles. The minimum Gasteiger partial charge on any atom is -0.492 e. The summed E-state index contributed by atoms with van der Waals surface area (Å²) in [6.45, 7) is 5.19. The van der Waals surface area contributed by atoms with Crippen LogP contribution < -0.4 is 4.74 Å². The number of hydrogen-bond acceptors (Lipinski definition) is 2. The first-order valence-electron chi connectivity index (χ1n) is 4.89. The zero-order valence-electron chi connectivity index (χ0n) is 8.36. The highest BCUT2D eigenvalue weighted by Gasteiger charge is 2.03. The molecule has 0 atom stereocenters. The number of rotatable bonds is 5. The van der Waals surface area contributed by atoms with E-state index in [0.29, 0.717) is 5.92 Å². The molecule has 1 rings (SSSR count). The minimum atomic E-state index is 0.667. The lowest BCUT2D eigenvalue weighted by molar-refractivity contribution is 0.240. The Hall–Kier alpha value is -1.05. The van der Waals surface area contributed by atoms with Crippen LogP contribution in [0.15, 0.2) is 24.5 Å². The molecule has 0 spiro atoms. The number of ether oxygens (including phenoxy) is 1. The lowest BCUT2D eigenvalue weighted by Crippen LogP contribution is -2.09. The highest BCUT2D eigenvalue weighted by molar-refractivity contribution is 5.15. The number of nitrogens with zero attached hydrogens (tertiary/aromatic N) is 1. The summed E-state index contributed by atoms with van der Waals surface area (Å²) in [5.74, 6) is 1.54. The average molecular weight is 179 g/mol. The minimum absolute atomic E-state index is 0.667. The van der Waals surface area contributed by atoms with Gasteiger partial charge in [-0.05, 0) is 18.1 Å². The molecule has 0 aliphatic rings. The van der Waals surface area contributed by atoms with Gasteiger partial charge < -0.3 is 4.74 Å². The van der Waals surface area contributed by atoms with E-state index in [1.807, 2.05) is 12.1 Å². The highest BCUT2D eigenvalue weighted by Crippen LogP contribution is 2.12. The van der Waals surface area contributed by atoms with Gasteiger partial charge in [-0.2, -0.15) is 0 Å². The third-order valence-electron chi connectivity index (χ3n) is 2.27. The molecule has 0 unspecified atom stereocenters. The molecule has 72 valence electrons. The summed E-state index contributed by atoms with van der Waals surface area (Å²) in [5, 5.41) is 0. The van der Waals surface area contributed by atoms with Gasteiger partial charge in [0, 0.05) is 6.20 Å². The van der Waals surface area contributed by atoms with Gasteiger partial charge in [0.25, 0.3) is 0 Å². The molecule has 0 saturated carbocycles. The molecule has 13 heavy (non-hydrogen) atoms. The third-order valence-corrected chi connectivity index (χ3v) is 2.27. The van der Waals surface area contributed by atoms with Gasteiger partial charge in [0.1, 0.15) is 5.75 Å². The Morgan fingerprint density at radius 3 is 2.69 bits per heavy atom. The Bertz CT molecular complexity index is 219. The molecule has 0 radical (unpaired) electrons. The predicted molar refractivity (Wildman–Crippen MR) is 53.8 cm³/mol. The second-order valence-electron chi connectivity index (χ2n) is 3.18. The van der Waals surface area contributed by atoms with Crippen LogP contribution in [0.2, 0.25) is 0 Å². The van der Waals surface area contributed by atoms with Crippen molar-refractivity contribution in [1.82, 2.24) is 4.98 Å². The first kappa shape index (κ1) is 10.0. The van der Waals surface area contributed by atoms with Crippen LogP contribution >= 0.6 is 0 Å². The summed E-state index contributed by atoms with van der Waals surface area (Å²) in [7, 11) is 0. The number of hydrogen-bond donors (Lipinski definition) is 0. The molecule has 0 saturated heterocycles. The molecule has 1 aromatic rings. The molecule has 0 fully saturated rings. The lowest BCUT2D eigenvalue weighted by Gasteiger charge is -2.12. The topological polar surface area (TPSA) is 22.1 Å². The van der Waals surface area contributed by atoms with E-state index in [1.54, 1.807) is 12.4 Å². The van der Waals surface area contributed by atoms with E-state index >= 15 is 0 Å². The van der Waals surface area contributed by atoms with E-state index in [1.165, 1.54) is 12.8 Å². The summed E-state index contributed by atoms with van der Waals surface area (Å²) in [6.07, 6.45) is 5.86. The van der Waals surface area contributed by atoms with E-state index in [9.17, 15) is 0 Å². The summed E-state index contributed by atoms with van der Waals surface area (Å²) in [6, 6.07) is 3.83. The van der Waals surface area contributed by atoms with Gasteiger partial charge in [0.05, 0.1) is 12.8 Å². The molecule has 2 heteroatoms. The summed E-state index contributed by atoms with van der Waals surface area (Å²) >= 11 is 0. The number of pyridine rings is 1. The zero-order valence-corrected chi connectivity index (χ0v) is 8.36. The van der Waals surface area contributed by atoms with E-state index in [0.717, 1.165) is 12.4 Å². The molecular weight excluding hydrogens is 162 g/mol. The molecule has 0 aliphatic heterocycles. The van der Waals surface area contributed by atoms with E-state index < -0.39 is 0 Å². The molecule has 0 N–H and O–H groups in total. The highest BCUT2D eigenvalue weighted by atomic mass is 16.5. The van der Waals surface area contributed by atoms with Crippen LogP contribution in [0.25, 0.3) is 0 Å². The van der Waals surface area contributed by atoms with E-state index in [-0.39, 0.29) is 0 Å². The molecule has 1 heterocycles. The van der Waals surface area contributed by atoms with Gasteiger partial charge in [0.2, 0.25) is 0 Å². The SMILES string of the molecule is CCC(CC)COc1cccnc1. The van der Waals surface area contributed by atoms with Crippen molar-refractivity contribution in [3.8, 4) is 5.75 Å². The predicted octanol–water partition coefficient (Wildman–Crippen LogP) is 2.90. The van der Waals surface area contributed by atoms with Crippen LogP contribution in [0.5, 0.6) is 5.75 Å². The molecule has 0 bridgehead atoms. The first-order valence-corrected chi connectivity index (χ1v) is 4.89. The monoisotopic (exact) mass is 179 g/mol. The van der Waals surface area contributed by atoms with Crippen LogP contribution in [-0.4, -0.2) is 11.6 Å². The first-order chi connectivity index (χ1) is 6.36. The smallest absolute Gasteiger partial charge is 0.137 e. The Morgan fingerprint density at radius 2 is 2.15 bits per heavy atom. The van der Waals surface area contributed by atoms with Gasteiger partial charge >= 0.3 is 0 Å². The molecule has 0 aromatic carbocycles. The molecule has 0 amide bonds. The van der Waals surface area contributed by atoms with Gasteiger partial charge in [-0.15, -0.1) is 0 Å². The van der Waals surface area contributed by atoms with Crippen molar-refractivity contribution in [3.05, 3.63) is 24.5 Å². The average Bonchev–Trinajstić information content (AvgIpc) is 2.21. The van der Waals surface area contributed by atoms with Crippen molar-refractivity contribution in [2.24, 2.45) is 5.92 Å². The fourth-order valence-corrected chi connectivity index (χ4v) is 1.17. The van der Waals surface area contributed by atoms with E-state index in [2.05, 4.69) is 18.8 Å². The van der Waals surface area contributed by atoms with Gasteiger partial charge in [-0.1, -0.05) is 26.7 Å².